The van der Waals surface area contributed by atoms with Gasteiger partial charge in [-0.2, -0.15) is 0 Å². The van der Waals surface area contributed by atoms with Gasteiger partial charge in [-0.1, -0.05) is 54.6 Å². The van der Waals surface area contributed by atoms with Gasteiger partial charge < -0.3 is 5.32 Å². The maximum atomic E-state index is 13.2. The van der Waals surface area contributed by atoms with Crippen molar-refractivity contribution in [1.29, 1.82) is 0 Å². The molecule has 0 bridgehead atoms. The third-order valence-electron chi connectivity index (χ3n) is 5.05. The maximum Gasteiger partial charge on any atom is 0.329 e. The summed E-state index contributed by atoms with van der Waals surface area (Å²) >= 11 is 0. The Bertz CT molecular complexity index is 1210. The number of amides is 3. The molecule has 7 heteroatoms. The summed E-state index contributed by atoms with van der Waals surface area (Å²) in [5.74, 6) is -0.454. The van der Waals surface area contributed by atoms with Gasteiger partial charge in [0, 0.05) is 18.7 Å². The van der Waals surface area contributed by atoms with E-state index in [0.717, 1.165) is 10.5 Å². The molecule has 0 radical (unpaired) electrons. The van der Waals surface area contributed by atoms with Crippen LogP contribution in [-0.2, 0) is 11.2 Å². The lowest BCUT2D eigenvalue weighted by Gasteiger charge is -2.09. The molecule has 1 aliphatic heterocycles. The van der Waals surface area contributed by atoms with E-state index in [1.165, 1.54) is 10.8 Å². The van der Waals surface area contributed by atoms with Crippen molar-refractivity contribution in [2.24, 2.45) is 0 Å². The van der Waals surface area contributed by atoms with E-state index >= 15 is 0 Å². The summed E-state index contributed by atoms with van der Waals surface area (Å²) in [6.07, 6.45) is 4.07. The largest absolute Gasteiger partial charge is 0.329 e. The molecule has 0 aliphatic carbocycles. The van der Waals surface area contributed by atoms with Gasteiger partial charge in [-0.15, -0.1) is 6.58 Å². The molecule has 7 nitrogen and oxygen atoms in total. The highest BCUT2D eigenvalue weighted by Crippen LogP contribution is 2.18. The monoisotopic (exact) mass is 414 g/mol. The van der Waals surface area contributed by atoms with E-state index in [1.807, 2.05) is 60.7 Å². The van der Waals surface area contributed by atoms with Gasteiger partial charge in [-0.25, -0.2) is 9.48 Å². The molecule has 0 unspecified atom stereocenters. The minimum Gasteiger partial charge on any atom is -0.303 e. The highest BCUT2D eigenvalue weighted by Gasteiger charge is 2.33. The lowest BCUT2D eigenvalue weighted by molar-refractivity contribution is -0.122. The van der Waals surface area contributed by atoms with Crippen molar-refractivity contribution >= 4 is 18.0 Å². The van der Waals surface area contributed by atoms with Crippen LogP contribution in [0, 0.1) is 0 Å². The van der Waals surface area contributed by atoms with Crippen LogP contribution in [0.5, 0.6) is 0 Å². The van der Waals surface area contributed by atoms with Gasteiger partial charge in [0.25, 0.3) is 11.5 Å². The fourth-order valence-corrected chi connectivity index (χ4v) is 3.48. The average Bonchev–Trinajstić information content (AvgIpc) is 3.24. The van der Waals surface area contributed by atoms with Gasteiger partial charge in [-0.3, -0.25) is 19.6 Å². The number of benzene rings is 2. The molecule has 156 valence electrons. The second-order valence-corrected chi connectivity index (χ2v) is 7.16. The van der Waals surface area contributed by atoms with Crippen LogP contribution in [0.25, 0.3) is 11.8 Å². The molecule has 1 aliphatic rings. The van der Waals surface area contributed by atoms with Crippen LogP contribution in [0.2, 0.25) is 0 Å². The van der Waals surface area contributed by atoms with Crippen LogP contribution >= 0.6 is 0 Å². The summed E-state index contributed by atoms with van der Waals surface area (Å²) in [7, 11) is 0. The summed E-state index contributed by atoms with van der Waals surface area (Å²) in [5, 5.41) is 5.75. The average molecular weight is 414 g/mol. The van der Waals surface area contributed by atoms with E-state index in [0.29, 0.717) is 29.8 Å². The number of hydrogen-bond acceptors (Lipinski definition) is 3. The number of para-hydroxylation sites is 1. The summed E-state index contributed by atoms with van der Waals surface area (Å²) in [4.78, 5) is 39.3. The molecule has 0 spiro atoms. The molecule has 1 aromatic heterocycles. The molecule has 2 heterocycles. The predicted molar refractivity (Wildman–Crippen MR) is 119 cm³/mol. The van der Waals surface area contributed by atoms with E-state index in [9.17, 15) is 14.4 Å². The van der Waals surface area contributed by atoms with Crippen LogP contribution in [-0.4, -0.2) is 33.2 Å². The van der Waals surface area contributed by atoms with Crippen molar-refractivity contribution < 1.29 is 9.59 Å². The van der Waals surface area contributed by atoms with Gasteiger partial charge in [0.15, 0.2) is 0 Å². The lowest BCUT2D eigenvalue weighted by Crippen LogP contribution is -2.31. The molecule has 4 rings (SSSR count). The maximum absolute atomic E-state index is 13.2. The van der Waals surface area contributed by atoms with E-state index < -0.39 is 11.9 Å². The van der Waals surface area contributed by atoms with Crippen molar-refractivity contribution in [2.45, 2.75) is 12.8 Å². The number of rotatable bonds is 7. The number of hydrogen-bond donors (Lipinski definition) is 2. The van der Waals surface area contributed by atoms with Crippen molar-refractivity contribution in [3.63, 3.8) is 0 Å². The Morgan fingerprint density at radius 3 is 2.29 bits per heavy atom. The van der Waals surface area contributed by atoms with Crippen molar-refractivity contribution in [3.8, 4) is 5.69 Å². The summed E-state index contributed by atoms with van der Waals surface area (Å²) in [6, 6.07) is 18.4. The molecule has 0 saturated carbocycles. The number of aromatic amines is 1. The first-order valence-electron chi connectivity index (χ1n) is 9.97. The molecule has 2 aromatic carbocycles. The highest BCUT2D eigenvalue weighted by atomic mass is 16.2. The van der Waals surface area contributed by atoms with Crippen LogP contribution < -0.4 is 10.9 Å². The SMILES string of the molecule is C=CCCN1C(=O)N/C(=C\c2c(Cc3ccccc3)[nH]n(-c3ccccc3)c2=O)C1=O. The molecule has 1 saturated heterocycles. The number of aromatic nitrogens is 2. The summed E-state index contributed by atoms with van der Waals surface area (Å²) in [5.41, 5.74) is 2.47. The van der Waals surface area contributed by atoms with Crippen LogP contribution in [0.3, 0.4) is 0 Å². The van der Waals surface area contributed by atoms with Gasteiger partial charge in [0.1, 0.15) is 5.70 Å². The molecule has 3 amide bonds. The standard InChI is InChI=1S/C24H22N4O3/c1-2-3-14-27-23(30)21(25-24(27)31)16-19-20(15-17-10-6-4-7-11-17)26-28(22(19)29)18-12-8-5-9-13-18/h2,4-13,16,26H,1,3,14-15H2,(H,25,31)/b21-16-. The first kappa shape index (κ1) is 20.2. The molecule has 3 aromatic rings. The Balaban J connectivity index is 1.77. The van der Waals surface area contributed by atoms with E-state index in [4.69, 9.17) is 0 Å². The minimum atomic E-state index is -0.498. The number of nitrogens with one attached hydrogen (secondary N) is 2. The fraction of sp³-hybridized carbons (Fsp3) is 0.125. The first-order valence-corrected chi connectivity index (χ1v) is 9.97. The minimum absolute atomic E-state index is 0.0830. The molecule has 2 N–H and O–H groups in total. The topological polar surface area (TPSA) is 87.2 Å². The van der Waals surface area contributed by atoms with Gasteiger partial charge in [0.05, 0.1) is 11.3 Å². The van der Waals surface area contributed by atoms with Crippen molar-refractivity contribution in [3.05, 3.63) is 106 Å². The Kier molecular flexibility index (Phi) is 5.66. The zero-order chi connectivity index (χ0) is 21.8. The Morgan fingerprint density at radius 2 is 1.61 bits per heavy atom. The number of imide groups is 1. The molecule has 1 fully saturated rings. The molecule has 0 atom stereocenters. The Hall–Kier alpha value is -4.13. The van der Waals surface area contributed by atoms with Gasteiger partial charge in [-0.05, 0) is 30.2 Å². The van der Waals surface area contributed by atoms with Gasteiger partial charge in [0.2, 0.25) is 0 Å². The van der Waals surface area contributed by atoms with E-state index in [2.05, 4.69) is 17.0 Å². The van der Waals surface area contributed by atoms with E-state index in [-0.39, 0.29) is 17.8 Å². The molecular formula is C24H22N4O3. The third kappa shape index (κ3) is 4.11. The Morgan fingerprint density at radius 1 is 0.935 bits per heavy atom. The Labute approximate surface area is 179 Å². The van der Waals surface area contributed by atoms with Crippen molar-refractivity contribution in [1.82, 2.24) is 20.0 Å². The van der Waals surface area contributed by atoms with Crippen LogP contribution in [0.1, 0.15) is 23.2 Å². The fourth-order valence-electron chi connectivity index (χ4n) is 3.48. The molecular weight excluding hydrogens is 392 g/mol. The number of carbonyl (C=O) groups is 2. The zero-order valence-corrected chi connectivity index (χ0v) is 16.9. The number of nitrogens with zero attached hydrogens (tertiary/aromatic N) is 2. The molecule has 31 heavy (non-hydrogen) atoms. The smallest absolute Gasteiger partial charge is 0.303 e. The normalized spacial score (nSPS) is 14.8. The van der Waals surface area contributed by atoms with Crippen LogP contribution in [0.15, 0.2) is 83.8 Å². The predicted octanol–water partition coefficient (Wildman–Crippen LogP) is 3.23. The van der Waals surface area contributed by atoms with Crippen molar-refractivity contribution in [2.75, 3.05) is 6.54 Å². The quantitative estimate of drug-likeness (QED) is 0.354. The lowest BCUT2D eigenvalue weighted by atomic mass is 10.1. The van der Waals surface area contributed by atoms with E-state index in [1.54, 1.807) is 6.08 Å². The summed E-state index contributed by atoms with van der Waals surface area (Å²) in [6.45, 7) is 3.86. The summed E-state index contributed by atoms with van der Waals surface area (Å²) < 4.78 is 1.45. The number of carbonyl (C=O) groups excluding carboxylic acids is 2. The first-order chi connectivity index (χ1) is 15.1. The number of H-pyrrole nitrogens is 1. The number of urea groups is 1. The van der Waals surface area contributed by atoms with Crippen LogP contribution in [0.4, 0.5) is 4.79 Å². The van der Waals surface area contributed by atoms with Gasteiger partial charge >= 0.3 is 6.03 Å². The zero-order valence-electron chi connectivity index (χ0n) is 16.9. The third-order valence-corrected chi connectivity index (χ3v) is 5.05. The highest BCUT2D eigenvalue weighted by molar-refractivity contribution is 6.14. The second kappa shape index (κ2) is 8.71. The second-order valence-electron chi connectivity index (χ2n) is 7.16.